The summed E-state index contributed by atoms with van der Waals surface area (Å²) in [7, 11) is 0. The highest BCUT2D eigenvalue weighted by Gasteiger charge is 1.86. The molecule has 0 fully saturated rings. The van der Waals surface area contributed by atoms with Gasteiger partial charge >= 0.3 is 0 Å². The van der Waals surface area contributed by atoms with E-state index < -0.39 is 0 Å². The summed E-state index contributed by atoms with van der Waals surface area (Å²) in [6.07, 6.45) is 2.81. The van der Waals surface area contributed by atoms with Crippen LogP contribution < -0.4 is 0 Å². The van der Waals surface area contributed by atoms with Crippen molar-refractivity contribution in [2.45, 2.75) is 0 Å². The molecule has 0 bridgehead atoms. The number of aliphatic hydroxyl groups is 1. The molecule has 3 heteroatoms. The first kappa shape index (κ1) is 8.10. The van der Waals surface area contributed by atoms with E-state index in [1.165, 1.54) is 12.2 Å². The van der Waals surface area contributed by atoms with Gasteiger partial charge in [-0.15, -0.1) is 0 Å². The van der Waals surface area contributed by atoms with Crippen LogP contribution in [0.5, 0.6) is 0 Å². The lowest BCUT2D eigenvalue weighted by Gasteiger charge is -1.79. The van der Waals surface area contributed by atoms with Crippen LogP contribution in [-0.4, -0.2) is 21.9 Å². The number of hydrogen-bond acceptors (Lipinski definition) is 2. The number of allylic oxidation sites excluding steroid dienone is 1. The lowest BCUT2D eigenvalue weighted by atomic mass is 10.4. The Morgan fingerprint density at radius 3 is 2.75 bits per heavy atom. The van der Waals surface area contributed by atoms with Gasteiger partial charge in [-0.25, -0.2) is 0 Å². The summed E-state index contributed by atoms with van der Waals surface area (Å²) >= 11 is 1.97. The number of rotatable bonds is 3. The molecule has 0 atom stereocenters. The summed E-state index contributed by atoms with van der Waals surface area (Å²) in [4.78, 5) is 10.4. The number of ketones is 1. The third kappa shape index (κ3) is 4.26. The fourth-order valence-corrected chi connectivity index (χ4v) is 0.483. The molecule has 0 radical (unpaired) electrons. The van der Waals surface area contributed by atoms with E-state index in [-0.39, 0.29) is 12.4 Å². The first-order chi connectivity index (χ1) is 3.81. The average Bonchev–Trinajstić information content (AvgIpc) is 1.83. The molecule has 0 heterocycles. The fraction of sp³-hybridized carbons (Fsp3) is 0.400. The number of halogens is 1. The van der Waals surface area contributed by atoms with Crippen molar-refractivity contribution in [1.82, 2.24) is 0 Å². The first-order valence-corrected chi connectivity index (χ1v) is 3.70. The molecular formula is C5H7IO2. The number of aliphatic hydroxyl groups excluding tert-OH is 1. The molecule has 0 spiro atoms. The molecule has 2 nitrogen and oxygen atoms in total. The van der Waals surface area contributed by atoms with Crippen molar-refractivity contribution in [3.63, 3.8) is 0 Å². The normalized spacial score (nSPS) is 10.2. The van der Waals surface area contributed by atoms with Gasteiger partial charge in [-0.2, -0.15) is 0 Å². The van der Waals surface area contributed by atoms with Crippen LogP contribution in [0.4, 0.5) is 0 Å². The highest BCUT2D eigenvalue weighted by Crippen LogP contribution is 1.84. The Morgan fingerprint density at radius 2 is 2.38 bits per heavy atom. The summed E-state index contributed by atoms with van der Waals surface area (Å²) in [6.45, 7) is -0.0532. The standard InChI is InChI=1S/C5H7IO2/c6-4-5(8)2-1-3-7/h1-2,7H,3-4H2/b2-1-. The fourth-order valence-electron chi connectivity index (χ4n) is 0.229. The molecule has 0 aliphatic heterocycles. The molecule has 0 aromatic heterocycles. The van der Waals surface area contributed by atoms with E-state index in [4.69, 9.17) is 5.11 Å². The Balaban J connectivity index is 3.37. The van der Waals surface area contributed by atoms with E-state index in [2.05, 4.69) is 0 Å². The molecule has 0 amide bonds. The molecule has 46 valence electrons. The van der Waals surface area contributed by atoms with Crippen LogP contribution >= 0.6 is 22.6 Å². The molecule has 0 aliphatic carbocycles. The zero-order valence-electron chi connectivity index (χ0n) is 4.30. The minimum atomic E-state index is -0.0532. The molecule has 1 N–H and O–H groups in total. The molecule has 0 aromatic rings. The van der Waals surface area contributed by atoms with Gasteiger partial charge in [0, 0.05) is 0 Å². The molecule has 0 aliphatic rings. The quantitative estimate of drug-likeness (QED) is 0.433. The third-order valence-electron chi connectivity index (χ3n) is 0.541. The highest BCUT2D eigenvalue weighted by molar-refractivity contribution is 14.1. The van der Waals surface area contributed by atoms with Crippen molar-refractivity contribution in [1.29, 1.82) is 0 Å². The van der Waals surface area contributed by atoms with Crippen LogP contribution in [-0.2, 0) is 4.79 Å². The van der Waals surface area contributed by atoms with Crippen LogP contribution in [0.25, 0.3) is 0 Å². The Hall–Kier alpha value is 0.1000. The maximum atomic E-state index is 10.4. The second kappa shape index (κ2) is 5.24. The van der Waals surface area contributed by atoms with E-state index in [1.807, 2.05) is 22.6 Å². The summed E-state index contributed by atoms with van der Waals surface area (Å²) in [6, 6.07) is 0. The van der Waals surface area contributed by atoms with Gasteiger partial charge in [-0.05, 0) is 6.08 Å². The van der Waals surface area contributed by atoms with Gasteiger partial charge in [0.2, 0.25) is 0 Å². The van der Waals surface area contributed by atoms with E-state index in [9.17, 15) is 4.79 Å². The van der Waals surface area contributed by atoms with E-state index in [0.717, 1.165) is 0 Å². The van der Waals surface area contributed by atoms with Gasteiger partial charge in [0.15, 0.2) is 5.78 Å². The van der Waals surface area contributed by atoms with Crippen LogP contribution in [0.15, 0.2) is 12.2 Å². The van der Waals surface area contributed by atoms with Gasteiger partial charge in [-0.1, -0.05) is 28.7 Å². The number of alkyl halides is 1. The average molecular weight is 226 g/mol. The number of hydrogen-bond donors (Lipinski definition) is 1. The summed E-state index contributed by atoms with van der Waals surface area (Å²) in [5.41, 5.74) is 0. The van der Waals surface area contributed by atoms with Gasteiger partial charge < -0.3 is 5.11 Å². The van der Waals surface area contributed by atoms with Crippen molar-refractivity contribution in [3.05, 3.63) is 12.2 Å². The van der Waals surface area contributed by atoms with Crippen LogP contribution in [0.2, 0.25) is 0 Å². The monoisotopic (exact) mass is 226 g/mol. The molecule has 0 rings (SSSR count). The summed E-state index contributed by atoms with van der Waals surface area (Å²) < 4.78 is 0.480. The third-order valence-corrected chi connectivity index (χ3v) is 1.29. The second-order valence-electron chi connectivity index (χ2n) is 1.18. The van der Waals surface area contributed by atoms with E-state index in [0.29, 0.717) is 4.43 Å². The zero-order chi connectivity index (χ0) is 6.41. The summed E-state index contributed by atoms with van der Waals surface area (Å²) in [5.74, 6) is 0.0413. The molecule has 0 unspecified atom stereocenters. The van der Waals surface area contributed by atoms with Crippen molar-refractivity contribution >= 4 is 28.4 Å². The molecule has 0 aromatic carbocycles. The zero-order valence-corrected chi connectivity index (χ0v) is 6.46. The van der Waals surface area contributed by atoms with Crippen LogP contribution in [0, 0.1) is 0 Å². The maximum Gasteiger partial charge on any atom is 0.165 e. The van der Waals surface area contributed by atoms with Crippen molar-refractivity contribution in [3.8, 4) is 0 Å². The number of carbonyl (C=O) groups excluding carboxylic acids is 1. The topological polar surface area (TPSA) is 37.3 Å². The Labute approximate surface area is 61.7 Å². The van der Waals surface area contributed by atoms with Gasteiger partial charge in [0.1, 0.15) is 0 Å². The molecule has 0 saturated heterocycles. The lowest BCUT2D eigenvalue weighted by molar-refractivity contribution is -0.112. The van der Waals surface area contributed by atoms with Crippen LogP contribution in [0.3, 0.4) is 0 Å². The van der Waals surface area contributed by atoms with E-state index in [1.54, 1.807) is 0 Å². The molecule has 8 heavy (non-hydrogen) atoms. The maximum absolute atomic E-state index is 10.4. The van der Waals surface area contributed by atoms with Crippen molar-refractivity contribution in [2.24, 2.45) is 0 Å². The second-order valence-corrected chi connectivity index (χ2v) is 1.95. The largest absolute Gasteiger partial charge is 0.392 e. The van der Waals surface area contributed by atoms with Crippen LogP contribution in [0.1, 0.15) is 0 Å². The number of carbonyl (C=O) groups is 1. The van der Waals surface area contributed by atoms with E-state index >= 15 is 0 Å². The lowest BCUT2D eigenvalue weighted by Crippen LogP contribution is -1.91. The van der Waals surface area contributed by atoms with Gasteiger partial charge in [0.25, 0.3) is 0 Å². The predicted octanol–water partition coefficient (Wildman–Crippen LogP) is 0.539. The SMILES string of the molecule is O=C(/C=C\CO)CI. The van der Waals surface area contributed by atoms with Gasteiger partial charge in [0.05, 0.1) is 11.0 Å². The highest BCUT2D eigenvalue weighted by atomic mass is 127. The minimum absolute atomic E-state index is 0.0413. The van der Waals surface area contributed by atoms with Crippen molar-refractivity contribution < 1.29 is 9.90 Å². The minimum Gasteiger partial charge on any atom is -0.392 e. The molecule has 0 saturated carbocycles. The Kier molecular flexibility index (Phi) is 5.31. The Bertz CT molecular complexity index is 98.6. The Morgan fingerprint density at radius 1 is 1.75 bits per heavy atom. The smallest absolute Gasteiger partial charge is 0.165 e. The van der Waals surface area contributed by atoms with Gasteiger partial charge in [-0.3, -0.25) is 4.79 Å². The first-order valence-electron chi connectivity index (χ1n) is 2.17. The predicted molar refractivity (Wildman–Crippen MR) is 40.1 cm³/mol. The molecular weight excluding hydrogens is 219 g/mol. The summed E-state index contributed by atoms with van der Waals surface area (Å²) in [5, 5.41) is 8.17. The van der Waals surface area contributed by atoms with Crippen molar-refractivity contribution in [2.75, 3.05) is 11.0 Å².